The predicted octanol–water partition coefficient (Wildman–Crippen LogP) is 3.03. The summed E-state index contributed by atoms with van der Waals surface area (Å²) < 4.78 is 16.7. The van der Waals surface area contributed by atoms with E-state index < -0.39 is 41.0 Å². The molecule has 5 amide bonds. The first-order valence-electron chi connectivity index (χ1n) is 15.7. The fourth-order valence-corrected chi connectivity index (χ4v) is 6.22. The van der Waals surface area contributed by atoms with Crippen LogP contribution >= 0.6 is 0 Å². The molecule has 3 aliphatic heterocycles. The third-order valence-electron chi connectivity index (χ3n) is 9.31. The lowest BCUT2D eigenvalue weighted by Crippen LogP contribution is -2.54. The van der Waals surface area contributed by atoms with E-state index in [9.17, 15) is 29.2 Å². The number of nitrogens with zero attached hydrogens (tertiary/aromatic N) is 5. The van der Waals surface area contributed by atoms with Gasteiger partial charge in [-0.1, -0.05) is 11.8 Å². The average Bonchev–Trinajstić information content (AvgIpc) is 3.72. The van der Waals surface area contributed by atoms with Gasteiger partial charge in [0.1, 0.15) is 17.4 Å². The Morgan fingerprint density at radius 1 is 1.04 bits per heavy atom. The van der Waals surface area contributed by atoms with Gasteiger partial charge in [0.05, 0.1) is 46.1 Å². The molecule has 7 rings (SSSR count). The van der Waals surface area contributed by atoms with Crippen LogP contribution in [0.15, 0.2) is 42.7 Å². The van der Waals surface area contributed by atoms with Crippen LogP contribution in [0.5, 0.6) is 0 Å². The minimum Gasteiger partial charge on any atom is -0.367 e. The summed E-state index contributed by atoms with van der Waals surface area (Å²) >= 11 is 0. The highest BCUT2D eigenvalue weighted by molar-refractivity contribution is 6.23. The summed E-state index contributed by atoms with van der Waals surface area (Å²) in [6, 6.07) is 8.68. The summed E-state index contributed by atoms with van der Waals surface area (Å²) in [5, 5.41) is 18.8. The molecule has 0 bridgehead atoms. The zero-order valence-corrected chi connectivity index (χ0v) is 26.2. The first-order valence-corrected chi connectivity index (χ1v) is 15.7. The molecule has 1 unspecified atom stereocenters. The number of hydrogen-bond donors (Lipinski definition) is 2. The van der Waals surface area contributed by atoms with Crippen molar-refractivity contribution in [2.45, 2.75) is 57.0 Å². The molecular formula is C35H30FN7O5. The normalized spacial score (nSPS) is 19.2. The molecule has 1 aliphatic carbocycles. The molecule has 2 aromatic carbocycles. The van der Waals surface area contributed by atoms with Crippen molar-refractivity contribution in [2.24, 2.45) is 5.92 Å². The number of anilines is 2. The van der Waals surface area contributed by atoms with E-state index in [0.29, 0.717) is 35.8 Å². The lowest BCUT2D eigenvalue weighted by molar-refractivity contribution is -0.136. The number of piperidine rings is 1. The number of amides is 5. The van der Waals surface area contributed by atoms with Gasteiger partial charge in [-0.3, -0.25) is 38.9 Å². The molecule has 48 heavy (non-hydrogen) atoms. The Morgan fingerprint density at radius 2 is 1.77 bits per heavy atom. The van der Waals surface area contributed by atoms with E-state index in [1.54, 1.807) is 48.0 Å². The number of fused-ring (bicyclic) bond motifs is 1. The van der Waals surface area contributed by atoms with Crippen molar-refractivity contribution in [3.05, 3.63) is 76.4 Å². The lowest BCUT2D eigenvalue weighted by atomic mass is 9.98. The largest absolute Gasteiger partial charge is 0.367 e. The van der Waals surface area contributed by atoms with Crippen LogP contribution in [0.25, 0.3) is 0 Å². The van der Waals surface area contributed by atoms with Gasteiger partial charge in [-0.25, -0.2) is 4.39 Å². The number of nitriles is 1. The molecule has 12 nitrogen and oxygen atoms in total. The van der Waals surface area contributed by atoms with Crippen LogP contribution in [0.4, 0.5) is 15.8 Å². The Balaban J connectivity index is 0.995. The monoisotopic (exact) mass is 647 g/mol. The maximum Gasteiger partial charge on any atom is 0.262 e. The minimum absolute atomic E-state index is 0.00546. The highest BCUT2D eigenvalue weighted by atomic mass is 19.1. The average molecular weight is 648 g/mol. The van der Waals surface area contributed by atoms with E-state index in [1.807, 2.05) is 6.07 Å². The van der Waals surface area contributed by atoms with Crippen molar-refractivity contribution in [3.63, 3.8) is 0 Å². The molecule has 0 spiro atoms. The van der Waals surface area contributed by atoms with Crippen LogP contribution < -0.4 is 15.5 Å². The summed E-state index contributed by atoms with van der Waals surface area (Å²) in [4.78, 5) is 65.9. The highest BCUT2D eigenvalue weighted by Gasteiger charge is 2.45. The molecule has 2 saturated heterocycles. The van der Waals surface area contributed by atoms with Crippen LogP contribution in [-0.4, -0.2) is 63.3 Å². The van der Waals surface area contributed by atoms with Gasteiger partial charge in [-0.15, -0.1) is 0 Å². The number of halogens is 1. The smallest absolute Gasteiger partial charge is 0.262 e. The number of carbonyl (C=O) groups is 5. The third kappa shape index (κ3) is 5.37. The molecule has 4 aliphatic rings. The van der Waals surface area contributed by atoms with Gasteiger partial charge in [-0.05, 0) is 74.9 Å². The number of benzene rings is 2. The number of carbonyl (C=O) groups excluding carboxylic acids is 5. The summed E-state index contributed by atoms with van der Waals surface area (Å²) in [7, 11) is 0. The molecule has 3 aromatic rings. The van der Waals surface area contributed by atoms with Crippen LogP contribution in [0.2, 0.25) is 0 Å². The van der Waals surface area contributed by atoms with E-state index >= 15 is 4.39 Å². The molecular weight excluding hydrogens is 617 g/mol. The summed E-state index contributed by atoms with van der Waals surface area (Å²) in [6.07, 6.45) is 5.33. The Bertz CT molecular complexity index is 2040. The van der Waals surface area contributed by atoms with Gasteiger partial charge in [-0.2, -0.15) is 10.4 Å². The molecule has 1 atom stereocenters. The summed E-state index contributed by atoms with van der Waals surface area (Å²) in [5.74, 6) is 2.88. The van der Waals surface area contributed by atoms with E-state index in [2.05, 4.69) is 33.6 Å². The standard InChI is InChI=1S/C35H30FN7O5/c1-35(2,34(48)39-27-8-5-19(14-37)11-23(27)22-6-7-22)42-18-20(15-38-42)3-4-21-16-41(17-21)29-13-25-24(12-26(29)36)32(46)43(33(25)47)28-9-10-30(44)40-31(28)45/h5,8,11-13,15,18,21-22,28H,6-7,9-10,16-17H2,1-2H3,(H,39,48)(H,40,44,45). The quantitative estimate of drug-likeness (QED) is 0.305. The first-order chi connectivity index (χ1) is 22.9. The molecule has 4 heterocycles. The molecule has 242 valence electrons. The zero-order chi connectivity index (χ0) is 33.9. The van der Waals surface area contributed by atoms with Crippen LogP contribution in [-0.2, 0) is 19.9 Å². The second-order valence-corrected chi connectivity index (χ2v) is 13.0. The lowest BCUT2D eigenvalue weighted by Gasteiger charge is -2.38. The van der Waals surface area contributed by atoms with Crippen molar-refractivity contribution in [2.75, 3.05) is 23.3 Å². The predicted molar refractivity (Wildman–Crippen MR) is 169 cm³/mol. The van der Waals surface area contributed by atoms with Gasteiger partial charge < -0.3 is 10.2 Å². The number of imide groups is 2. The van der Waals surface area contributed by atoms with Crippen molar-refractivity contribution in [3.8, 4) is 17.9 Å². The van der Waals surface area contributed by atoms with Crippen LogP contribution in [0.1, 0.15) is 82.9 Å². The van der Waals surface area contributed by atoms with Gasteiger partial charge in [0.25, 0.3) is 17.7 Å². The van der Waals surface area contributed by atoms with Crippen molar-refractivity contribution in [1.29, 1.82) is 5.26 Å². The highest BCUT2D eigenvalue weighted by Crippen LogP contribution is 2.44. The number of rotatable bonds is 6. The first kappa shape index (κ1) is 30.8. The van der Waals surface area contributed by atoms with E-state index in [4.69, 9.17) is 0 Å². The SMILES string of the molecule is CC(C)(C(=O)Nc1ccc(C#N)cc1C1CC1)n1cc(C#CC2CN(c3cc4c(cc3F)C(=O)N(C3CCC(=O)NC3=O)C4=O)C2)cn1. The molecule has 2 N–H and O–H groups in total. The molecule has 1 aromatic heterocycles. The third-order valence-corrected chi connectivity index (χ3v) is 9.31. The Labute approximate surface area is 274 Å². The second-order valence-electron chi connectivity index (χ2n) is 13.0. The van der Waals surface area contributed by atoms with Gasteiger partial charge >= 0.3 is 0 Å². The van der Waals surface area contributed by atoms with Crippen molar-refractivity contribution < 1.29 is 28.4 Å². The van der Waals surface area contributed by atoms with Gasteiger partial charge in [0.15, 0.2) is 0 Å². The molecule has 0 radical (unpaired) electrons. The maximum absolute atomic E-state index is 15.2. The molecule has 3 fully saturated rings. The van der Waals surface area contributed by atoms with E-state index in [1.165, 1.54) is 6.07 Å². The fourth-order valence-electron chi connectivity index (χ4n) is 6.22. The number of hydrogen-bond acceptors (Lipinski definition) is 8. The Hall–Kier alpha value is -5.82. The van der Waals surface area contributed by atoms with Crippen molar-refractivity contribution in [1.82, 2.24) is 20.0 Å². The van der Waals surface area contributed by atoms with E-state index in [-0.39, 0.29) is 41.5 Å². The molecule has 1 saturated carbocycles. The Morgan fingerprint density at radius 3 is 2.46 bits per heavy atom. The van der Waals surface area contributed by atoms with E-state index in [0.717, 1.165) is 29.4 Å². The topological polar surface area (TPSA) is 158 Å². The fraction of sp³-hybridized carbons (Fsp3) is 0.343. The van der Waals surface area contributed by atoms with Crippen LogP contribution in [0.3, 0.4) is 0 Å². The number of aromatic nitrogens is 2. The van der Waals surface area contributed by atoms with Crippen molar-refractivity contribution >= 4 is 40.9 Å². The summed E-state index contributed by atoms with van der Waals surface area (Å²) in [6.45, 7) is 4.28. The van der Waals surface area contributed by atoms with Crippen LogP contribution in [0, 0.1) is 34.9 Å². The second kappa shape index (κ2) is 11.5. The number of nitrogens with one attached hydrogen (secondary N) is 2. The molecule has 13 heteroatoms. The summed E-state index contributed by atoms with van der Waals surface area (Å²) in [5.41, 5.74) is 1.83. The van der Waals surface area contributed by atoms with Gasteiger partial charge in [0, 0.05) is 31.4 Å². The zero-order valence-electron chi connectivity index (χ0n) is 26.2. The Kier molecular flexibility index (Phi) is 7.35. The minimum atomic E-state index is -1.13. The van der Waals surface area contributed by atoms with Gasteiger partial charge in [0.2, 0.25) is 11.8 Å². The maximum atomic E-state index is 15.2.